The lowest BCUT2D eigenvalue weighted by Crippen LogP contribution is -2.43. The first-order chi connectivity index (χ1) is 9.05. The van der Waals surface area contributed by atoms with Crippen molar-refractivity contribution < 1.29 is 13.5 Å². The molecule has 1 aliphatic carbocycles. The van der Waals surface area contributed by atoms with Gasteiger partial charge in [0.1, 0.15) is 0 Å². The van der Waals surface area contributed by atoms with Crippen LogP contribution in [0.2, 0.25) is 0 Å². The molecule has 1 aliphatic rings. The Labute approximate surface area is 118 Å². The highest BCUT2D eigenvalue weighted by atomic mass is 32.2. The minimum absolute atomic E-state index is 0.00776. The summed E-state index contributed by atoms with van der Waals surface area (Å²) in [5.41, 5.74) is 1.04. The van der Waals surface area contributed by atoms with Crippen LogP contribution in [0.4, 0.5) is 0 Å². The summed E-state index contributed by atoms with van der Waals surface area (Å²) in [6.07, 6.45) is 2.35. The van der Waals surface area contributed by atoms with E-state index in [0.717, 1.165) is 18.4 Å². The molecule has 5 nitrogen and oxygen atoms in total. The van der Waals surface area contributed by atoms with Gasteiger partial charge in [0, 0.05) is 32.8 Å². The Morgan fingerprint density at radius 3 is 2.74 bits per heavy atom. The van der Waals surface area contributed by atoms with Crippen molar-refractivity contribution >= 4 is 21.5 Å². The Morgan fingerprint density at radius 1 is 1.47 bits per heavy atom. The average Bonchev–Trinajstić information content (AvgIpc) is 3.09. The lowest BCUT2D eigenvalue weighted by molar-refractivity contribution is 0.270. The standard InChI is InChI=1S/C12H20N2O3S2/c1-13(6-2-7-15)19(16,17)14(12-3-4-12)9-11-5-8-18-10-11/h5,8,10,12,15H,2-4,6-7,9H2,1H3. The maximum atomic E-state index is 12.5. The molecule has 0 amide bonds. The summed E-state index contributed by atoms with van der Waals surface area (Å²) in [5.74, 6) is 0. The van der Waals surface area contributed by atoms with E-state index in [9.17, 15) is 8.42 Å². The zero-order valence-corrected chi connectivity index (χ0v) is 12.7. The van der Waals surface area contributed by atoms with Gasteiger partial charge in [0.15, 0.2) is 0 Å². The summed E-state index contributed by atoms with van der Waals surface area (Å²) in [5, 5.41) is 12.8. The summed E-state index contributed by atoms with van der Waals surface area (Å²) in [6.45, 7) is 0.805. The van der Waals surface area contributed by atoms with Gasteiger partial charge in [0.05, 0.1) is 0 Å². The van der Waals surface area contributed by atoms with Crippen molar-refractivity contribution in [3.8, 4) is 0 Å². The lowest BCUT2D eigenvalue weighted by atomic mass is 10.3. The molecule has 1 aromatic heterocycles. The molecule has 0 spiro atoms. The first-order valence-corrected chi connectivity index (χ1v) is 8.74. The number of nitrogens with zero attached hydrogens (tertiary/aromatic N) is 2. The summed E-state index contributed by atoms with van der Waals surface area (Å²) in [4.78, 5) is 0. The van der Waals surface area contributed by atoms with Gasteiger partial charge in [-0.25, -0.2) is 0 Å². The fourth-order valence-electron chi connectivity index (χ4n) is 1.91. The van der Waals surface area contributed by atoms with Gasteiger partial charge < -0.3 is 5.11 Å². The zero-order valence-electron chi connectivity index (χ0n) is 11.0. The van der Waals surface area contributed by atoms with Crippen molar-refractivity contribution in [2.45, 2.75) is 31.8 Å². The number of hydrogen-bond donors (Lipinski definition) is 1. The smallest absolute Gasteiger partial charge is 0.282 e. The van der Waals surface area contributed by atoms with E-state index in [1.165, 1.54) is 4.31 Å². The third-order valence-electron chi connectivity index (χ3n) is 3.19. The molecule has 2 rings (SSSR count). The number of thiophene rings is 1. The van der Waals surface area contributed by atoms with E-state index in [1.807, 2.05) is 16.8 Å². The van der Waals surface area contributed by atoms with Crippen LogP contribution in [0.1, 0.15) is 24.8 Å². The van der Waals surface area contributed by atoms with Gasteiger partial charge in [-0.05, 0) is 41.7 Å². The van der Waals surface area contributed by atoms with Gasteiger partial charge in [-0.1, -0.05) is 0 Å². The molecule has 7 heteroatoms. The fraction of sp³-hybridized carbons (Fsp3) is 0.667. The molecule has 0 unspecified atom stereocenters. The van der Waals surface area contributed by atoms with E-state index < -0.39 is 10.2 Å². The molecule has 0 bridgehead atoms. The molecule has 108 valence electrons. The van der Waals surface area contributed by atoms with Crippen LogP contribution < -0.4 is 0 Å². The minimum Gasteiger partial charge on any atom is -0.396 e. The second-order valence-electron chi connectivity index (χ2n) is 4.81. The molecule has 1 heterocycles. The Morgan fingerprint density at radius 2 is 2.21 bits per heavy atom. The highest BCUT2D eigenvalue weighted by molar-refractivity contribution is 7.86. The van der Waals surface area contributed by atoms with E-state index >= 15 is 0 Å². The number of hydrogen-bond acceptors (Lipinski definition) is 4. The van der Waals surface area contributed by atoms with E-state index in [0.29, 0.717) is 19.5 Å². The van der Waals surface area contributed by atoms with Crippen molar-refractivity contribution in [2.75, 3.05) is 20.2 Å². The number of aliphatic hydroxyl groups is 1. The minimum atomic E-state index is -3.43. The number of rotatable bonds is 8. The van der Waals surface area contributed by atoms with Gasteiger partial charge in [-0.3, -0.25) is 0 Å². The third kappa shape index (κ3) is 3.76. The van der Waals surface area contributed by atoms with Crippen LogP contribution in [0.5, 0.6) is 0 Å². The van der Waals surface area contributed by atoms with Crippen LogP contribution in [-0.4, -0.2) is 48.4 Å². The maximum absolute atomic E-state index is 12.5. The third-order valence-corrected chi connectivity index (χ3v) is 5.92. The molecule has 1 aromatic rings. The average molecular weight is 304 g/mol. The molecule has 0 aliphatic heterocycles. The molecule has 1 fully saturated rings. The van der Waals surface area contributed by atoms with Crippen LogP contribution in [0.3, 0.4) is 0 Å². The normalized spacial score (nSPS) is 16.4. The van der Waals surface area contributed by atoms with Crippen molar-refractivity contribution in [2.24, 2.45) is 0 Å². The lowest BCUT2D eigenvalue weighted by Gasteiger charge is -2.27. The zero-order chi connectivity index (χ0) is 13.9. The van der Waals surface area contributed by atoms with Gasteiger partial charge in [-0.15, -0.1) is 0 Å². The SMILES string of the molecule is CN(CCCO)S(=O)(=O)N(Cc1ccsc1)C1CC1. The van der Waals surface area contributed by atoms with Crippen LogP contribution >= 0.6 is 11.3 Å². The molecule has 0 radical (unpaired) electrons. The van der Waals surface area contributed by atoms with Crippen molar-refractivity contribution in [1.29, 1.82) is 0 Å². The molecule has 0 aromatic carbocycles. The van der Waals surface area contributed by atoms with E-state index in [-0.39, 0.29) is 12.6 Å². The van der Waals surface area contributed by atoms with Gasteiger partial charge in [0.25, 0.3) is 10.2 Å². The van der Waals surface area contributed by atoms with Crippen molar-refractivity contribution in [3.63, 3.8) is 0 Å². The monoisotopic (exact) mass is 304 g/mol. The largest absolute Gasteiger partial charge is 0.396 e. The second kappa shape index (κ2) is 6.32. The van der Waals surface area contributed by atoms with Gasteiger partial charge >= 0.3 is 0 Å². The molecule has 0 atom stereocenters. The Kier molecular flexibility index (Phi) is 4.97. The molecule has 1 saturated carbocycles. The van der Waals surface area contributed by atoms with Crippen LogP contribution in [0, 0.1) is 0 Å². The predicted octanol–water partition coefficient (Wildman–Crippen LogP) is 1.27. The molecule has 1 N–H and O–H groups in total. The van der Waals surface area contributed by atoms with E-state index in [1.54, 1.807) is 22.7 Å². The van der Waals surface area contributed by atoms with E-state index in [2.05, 4.69) is 0 Å². The van der Waals surface area contributed by atoms with Gasteiger partial charge in [-0.2, -0.15) is 28.4 Å². The quantitative estimate of drug-likeness (QED) is 0.787. The summed E-state index contributed by atoms with van der Waals surface area (Å²) in [6, 6.07) is 2.10. The first-order valence-electron chi connectivity index (χ1n) is 6.40. The van der Waals surface area contributed by atoms with Crippen LogP contribution in [-0.2, 0) is 16.8 Å². The molecular formula is C12H20N2O3S2. The predicted molar refractivity (Wildman–Crippen MR) is 76.1 cm³/mol. The fourth-order valence-corrected chi connectivity index (χ4v) is 4.19. The van der Waals surface area contributed by atoms with Crippen LogP contribution in [0.25, 0.3) is 0 Å². The highest BCUT2D eigenvalue weighted by Crippen LogP contribution is 2.32. The Bertz CT molecular complexity index is 483. The number of aliphatic hydroxyl groups excluding tert-OH is 1. The first kappa shape index (κ1) is 14.9. The van der Waals surface area contributed by atoms with Crippen molar-refractivity contribution in [3.05, 3.63) is 22.4 Å². The van der Waals surface area contributed by atoms with Crippen LogP contribution in [0.15, 0.2) is 16.8 Å². The van der Waals surface area contributed by atoms with E-state index in [4.69, 9.17) is 5.11 Å². The molecule has 19 heavy (non-hydrogen) atoms. The second-order valence-corrected chi connectivity index (χ2v) is 7.58. The summed E-state index contributed by atoms with van der Waals surface area (Å²) < 4.78 is 28.0. The topological polar surface area (TPSA) is 60.9 Å². The maximum Gasteiger partial charge on any atom is 0.282 e. The Hall–Kier alpha value is -0.470. The van der Waals surface area contributed by atoms with Gasteiger partial charge in [0.2, 0.25) is 0 Å². The summed E-state index contributed by atoms with van der Waals surface area (Å²) >= 11 is 1.58. The Balaban J connectivity index is 2.09. The highest BCUT2D eigenvalue weighted by Gasteiger charge is 2.39. The van der Waals surface area contributed by atoms with Crippen molar-refractivity contribution in [1.82, 2.24) is 8.61 Å². The molecular weight excluding hydrogens is 284 g/mol. The molecule has 0 saturated heterocycles. The summed E-state index contributed by atoms with van der Waals surface area (Å²) in [7, 11) is -1.85.